The molecular weight excluding hydrogens is 522 g/mol. The second-order valence-corrected chi connectivity index (χ2v) is 13.5. The quantitative estimate of drug-likeness (QED) is 0.449. The molecule has 3 saturated carbocycles. The molecule has 216 valence electrons. The number of hydrogen-bond acceptors (Lipinski definition) is 3. The molecule has 0 bridgehead atoms. The molecule has 6 heteroatoms. The van der Waals surface area contributed by atoms with E-state index in [2.05, 4.69) is 110 Å². The van der Waals surface area contributed by atoms with E-state index in [-0.39, 0.29) is 51.7 Å². The summed E-state index contributed by atoms with van der Waals surface area (Å²) in [5.74, 6) is 1.49. The Labute approximate surface area is 247 Å². The van der Waals surface area contributed by atoms with Gasteiger partial charge in [0.2, 0.25) is 17.7 Å². The topological polar surface area (TPSA) is 87.3 Å². The number of benzene rings is 3. The number of nitrogens with one attached hydrogen (secondary N) is 3. The van der Waals surface area contributed by atoms with Crippen molar-refractivity contribution >= 4 is 17.7 Å². The maximum atomic E-state index is 11.4. The van der Waals surface area contributed by atoms with Crippen LogP contribution < -0.4 is 16.0 Å². The molecule has 3 aromatic rings. The molecule has 3 aliphatic carbocycles. The summed E-state index contributed by atoms with van der Waals surface area (Å²) in [7, 11) is 0. The summed E-state index contributed by atoms with van der Waals surface area (Å²) < 4.78 is 0. The molecule has 3 aliphatic heterocycles. The van der Waals surface area contributed by atoms with Crippen molar-refractivity contribution in [3.05, 3.63) is 106 Å². The fourth-order valence-corrected chi connectivity index (χ4v) is 7.56. The lowest BCUT2D eigenvalue weighted by molar-refractivity contribution is -0.121. The molecule has 42 heavy (non-hydrogen) atoms. The molecule has 0 radical (unpaired) electrons. The Morgan fingerprint density at radius 2 is 0.690 bits per heavy atom. The van der Waals surface area contributed by atoms with E-state index in [1.165, 1.54) is 33.4 Å². The van der Waals surface area contributed by atoms with Crippen molar-refractivity contribution < 1.29 is 14.4 Å². The predicted octanol–water partition coefficient (Wildman–Crippen LogP) is 4.15. The summed E-state index contributed by atoms with van der Waals surface area (Å²) in [5.41, 5.74) is 8.28. The van der Waals surface area contributed by atoms with Crippen LogP contribution in [0.15, 0.2) is 72.8 Å². The fourth-order valence-electron chi connectivity index (χ4n) is 7.56. The van der Waals surface area contributed by atoms with E-state index in [4.69, 9.17) is 0 Å². The molecule has 3 aromatic carbocycles. The van der Waals surface area contributed by atoms with Gasteiger partial charge in [-0.25, -0.2) is 0 Å². The lowest BCUT2D eigenvalue weighted by Crippen LogP contribution is -2.22. The molecule has 4 unspecified atom stereocenters. The summed E-state index contributed by atoms with van der Waals surface area (Å²) in [6.07, 6.45) is 3.13. The Morgan fingerprint density at radius 1 is 0.452 bits per heavy atom. The van der Waals surface area contributed by atoms with E-state index >= 15 is 0 Å². The highest BCUT2D eigenvalue weighted by atomic mass is 16.2. The Balaban J connectivity index is 0.000000103. The minimum atomic E-state index is 0.158. The average Bonchev–Trinajstić information content (AvgIpc) is 3.94. The van der Waals surface area contributed by atoms with E-state index in [1.807, 2.05) is 0 Å². The first-order chi connectivity index (χ1) is 20.2. The van der Waals surface area contributed by atoms with Gasteiger partial charge in [-0.05, 0) is 56.7 Å². The van der Waals surface area contributed by atoms with Gasteiger partial charge in [-0.2, -0.15) is 0 Å². The van der Waals surface area contributed by atoms with E-state index in [0.29, 0.717) is 0 Å². The van der Waals surface area contributed by atoms with Gasteiger partial charge >= 0.3 is 0 Å². The summed E-state index contributed by atoms with van der Waals surface area (Å²) in [6.45, 7) is 8.76. The summed E-state index contributed by atoms with van der Waals surface area (Å²) in [5, 5.41) is 8.80. The van der Waals surface area contributed by atoms with Crippen molar-refractivity contribution in [3.63, 3.8) is 0 Å². The van der Waals surface area contributed by atoms with Gasteiger partial charge in [-0.1, -0.05) is 89.5 Å². The zero-order chi connectivity index (χ0) is 29.3. The highest BCUT2D eigenvalue weighted by Gasteiger charge is 2.64. The molecule has 6 fully saturated rings. The zero-order valence-corrected chi connectivity index (χ0v) is 24.6. The number of amides is 3. The van der Waals surface area contributed by atoms with Crippen LogP contribution in [-0.2, 0) is 30.6 Å². The SMILES string of the molecule is Cc1ccc(C23CNC(=O)C2C3)cc1.Cc1ccc([C@@]23CNC(=O)C2C3)cc1.Cc1ccc([C@]23CNC(=O)C2C3)cc1. The third kappa shape index (κ3) is 4.34. The summed E-state index contributed by atoms with van der Waals surface area (Å²) in [4.78, 5) is 34.1. The van der Waals surface area contributed by atoms with E-state index in [9.17, 15) is 14.4 Å². The smallest absolute Gasteiger partial charge is 0.224 e. The minimum absolute atomic E-state index is 0.158. The molecule has 0 aromatic heterocycles. The van der Waals surface area contributed by atoms with Crippen molar-refractivity contribution in [1.29, 1.82) is 0 Å². The number of rotatable bonds is 3. The first kappa shape index (κ1) is 26.9. The predicted molar refractivity (Wildman–Crippen MR) is 162 cm³/mol. The Hall–Kier alpha value is -3.93. The number of piperidine rings is 3. The lowest BCUT2D eigenvalue weighted by atomic mass is 9.94. The number of fused-ring (bicyclic) bond motifs is 3. The maximum Gasteiger partial charge on any atom is 0.224 e. The normalized spacial score (nSPS) is 33.8. The van der Waals surface area contributed by atoms with Crippen LogP contribution in [0.4, 0.5) is 0 Å². The molecule has 9 rings (SSSR count). The van der Waals surface area contributed by atoms with Crippen molar-refractivity contribution in [2.24, 2.45) is 17.8 Å². The van der Waals surface area contributed by atoms with Gasteiger partial charge in [0.1, 0.15) is 0 Å². The van der Waals surface area contributed by atoms with Gasteiger partial charge in [0.05, 0.1) is 17.8 Å². The molecular formula is C36H39N3O3. The molecule has 6 aliphatic rings. The van der Waals surface area contributed by atoms with Gasteiger partial charge < -0.3 is 16.0 Å². The van der Waals surface area contributed by atoms with Gasteiger partial charge in [0, 0.05) is 35.9 Å². The highest BCUT2D eigenvalue weighted by molar-refractivity contribution is 5.89. The number of carbonyl (C=O) groups is 3. The van der Waals surface area contributed by atoms with Crippen LogP contribution in [0.2, 0.25) is 0 Å². The van der Waals surface area contributed by atoms with Crippen LogP contribution in [0.5, 0.6) is 0 Å². The highest BCUT2D eigenvalue weighted by Crippen LogP contribution is 2.58. The zero-order valence-electron chi connectivity index (χ0n) is 24.6. The van der Waals surface area contributed by atoms with Crippen LogP contribution in [0, 0.1) is 38.5 Å². The first-order valence-electron chi connectivity index (χ1n) is 15.2. The van der Waals surface area contributed by atoms with Crippen LogP contribution >= 0.6 is 0 Å². The third-order valence-corrected chi connectivity index (χ3v) is 10.8. The van der Waals surface area contributed by atoms with Crippen LogP contribution in [0.1, 0.15) is 52.6 Å². The van der Waals surface area contributed by atoms with Crippen molar-refractivity contribution in [1.82, 2.24) is 16.0 Å². The van der Waals surface area contributed by atoms with E-state index < -0.39 is 0 Å². The molecule has 0 spiro atoms. The average molecular weight is 562 g/mol. The van der Waals surface area contributed by atoms with Crippen molar-refractivity contribution in [2.75, 3.05) is 19.6 Å². The number of hydrogen-bond donors (Lipinski definition) is 3. The van der Waals surface area contributed by atoms with Gasteiger partial charge in [0.15, 0.2) is 0 Å². The summed E-state index contributed by atoms with van der Waals surface area (Å²) >= 11 is 0. The monoisotopic (exact) mass is 561 g/mol. The molecule has 3 N–H and O–H groups in total. The van der Waals surface area contributed by atoms with Crippen molar-refractivity contribution in [2.45, 2.75) is 56.3 Å². The first-order valence-corrected chi connectivity index (χ1v) is 15.2. The van der Waals surface area contributed by atoms with E-state index in [0.717, 1.165) is 38.9 Å². The van der Waals surface area contributed by atoms with Gasteiger partial charge in [-0.3, -0.25) is 14.4 Å². The molecule has 6 atom stereocenters. The van der Waals surface area contributed by atoms with Crippen LogP contribution in [-0.4, -0.2) is 37.4 Å². The molecule has 6 nitrogen and oxygen atoms in total. The second kappa shape index (κ2) is 9.55. The van der Waals surface area contributed by atoms with Crippen LogP contribution in [0.25, 0.3) is 0 Å². The third-order valence-electron chi connectivity index (χ3n) is 10.8. The Bertz CT molecular complexity index is 1370. The number of carbonyl (C=O) groups excluding carboxylic acids is 3. The van der Waals surface area contributed by atoms with E-state index in [1.54, 1.807) is 0 Å². The van der Waals surface area contributed by atoms with Gasteiger partial charge in [-0.15, -0.1) is 0 Å². The molecule has 3 saturated heterocycles. The molecule has 3 heterocycles. The molecule has 3 amide bonds. The fraction of sp³-hybridized carbons (Fsp3) is 0.417. The summed E-state index contributed by atoms with van der Waals surface area (Å²) in [6, 6.07) is 25.7. The second-order valence-electron chi connectivity index (χ2n) is 13.5. The maximum absolute atomic E-state index is 11.4. The Kier molecular flexibility index (Phi) is 6.12. The van der Waals surface area contributed by atoms with Crippen molar-refractivity contribution in [3.8, 4) is 0 Å². The lowest BCUT2D eigenvalue weighted by Gasteiger charge is -2.11. The van der Waals surface area contributed by atoms with Crippen LogP contribution in [0.3, 0.4) is 0 Å². The Morgan fingerprint density at radius 3 is 0.857 bits per heavy atom. The minimum Gasteiger partial charge on any atom is -0.355 e. The van der Waals surface area contributed by atoms with Gasteiger partial charge in [0.25, 0.3) is 0 Å². The largest absolute Gasteiger partial charge is 0.355 e. The standard InChI is InChI=1S/3C12H13NO/c3*1-8-2-4-9(5-3-8)12-6-10(12)11(14)13-7-12/h3*2-5,10H,6-7H2,1H3,(H,13,14)/t2*10?,12-;/m10./s1. The number of aryl methyl sites for hydroxylation is 3.